The van der Waals surface area contributed by atoms with Gasteiger partial charge in [0.1, 0.15) is 0 Å². The second-order valence-electron chi connectivity index (χ2n) is 0.144. The lowest BCUT2D eigenvalue weighted by Crippen LogP contribution is -3.00. The van der Waals surface area contributed by atoms with E-state index in [1.54, 1.807) is 0 Å². The number of hydrogen-bond acceptors (Lipinski definition) is 1. The summed E-state index contributed by atoms with van der Waals surface area (Å²) in [4.78, 5) is 0. The van der Waals surface area contributed by atoms with E-state index in [2.05, 4.69) is 0 Å². The monoisotopic (exact) mass is 172 g/mol. The van der Waals surface area contributed by atoms with Crippen LogP contribution in [0.1, 0.15) is 0 Å². The van der Waals surface area contributed by atoms with E-state index in [0.29, 0.717) is 6.34 Å². The Balaban J connectivity index is 0. The van der Waals surface area contributed by atoms with Gasteiger partial charge in [0.2, 0.25) is 24.0 Å². The van der Waals surface area contributed by atoms with E-state index in [1.807, 2.05) is 0 Å². The van der Waals surface area contributed by atoms with Gasteiger partial charge in [-0.05, 0) is 0 Å². The van der Waals surface area contributed by atoms with Crippen LogP contribution in [-0.2, 0) is 0 Å². The minimum atomic E-state index is 0. The molecular formula is CH5IN2. The van der Waals surface area contributed by atoms with Crippen LogP contribution < -0.4 is 24.0 Å². The van der Waals surface area contributed by atoms with Gasteiger partial charge >= 0.3 is 0 Å². The molecule has 0 bridgehead atoms. The van der Waals surface area contributed by atoms with Gasteiger partial charge in [-0.25, -0.2) is 0 Å². The first-order chi connectivity index (χ1) is 1.41. The first kappa shape index (κ1) is 8.89. The van der Waals surface area contributed by atoms with Crippen LogP contribution in [0, 0.1) is 5.41 Å². The summed E-state index contributed by atoms with van der Waals surface area (Å²) in [5.74, 6) is 0. The van der Waals surface area contributed by atoms with Crippen LogP contribution in [0.25, 0.3) is 5.73 Å². The lowest BCUT2D eigenvalue weighted by molar-refractivity contribution is -0.000000887. The molecule has 0 atom stereocenters. The molecule has 0 aromatic carbocycles. The van der Waals surface area contributed by atoms with Crippen LogP contribution in [0.2, 0.25) is 0 Å². The molecule has 0 amide bonds. The highest BCUT2D eigenvalue weighted by Crippen LogP contribution is 1.23. The van der Waals surface area contributed by atoms with Crippen molar-refractivity contribution in [2.45, 2.75) is 0 Å². The lowest BCUT2D eigenvalue weighted by Gasteiger charge is -1.54. The molecule has 0 radical (unpaired) electrons. The first-order valence-corrected chi connectivity index (χ1v) is 0.577. The average Bonchev–Trinajstić information content (AvgIpc) is 0.918. The molecule has 2 N–H and O–H groups in total. The van der Waals surface area contributed by atoms with Gasteiger partial charge in [-0.2, -0.15) is 0 Å². The van der Waals surface area contributed by atoms with E-state index in [-0.39, 0.29) is 24.0 Å². The Hall–Kier alpha value is 0.200. The van der Waals surface area contributed by atoms with Crippen LogP contribution in [0.4, 0.5) is 0 Å². The summed E-state index contributed by atoms with van der Waals surface area (Å²) >= 11 is 0. The molecule has 3 heteroatoms. The molecule has 0 rings (SSSR count). The van der Waals surface area contributed by atoms with Crippen LogP contribution in [0.15, 0.2) is 0 Å². The molecule has 0 aliphatic rings. The molecule has 2 nitrogen and oxygen atoms in total. The summed E-state index contributed by atoms with van der Waals surface area (Å²) < 4.78 is 0. The maximum absolute atomic E-state index is 5.75. The van der Waals surface area contributed by atoms with E-state index in [1.165, 1.54) is 0 Å². The van der Waals surface area contributed by atoms with Crippen molar-refractivity contribution < 1.29 is 24.0 Å². The molecule has 0 fully saturated rings. The summed E-state index contributed by atoms with van der Waals surface area (Å²) in [5, 5.41) is 5.75. The van der Waals surface area contributed by atoms with Crippen LogP contribution in [-0.4, -0.2) is 6.34 Å². The quantitative estimate of drug-likeness (QED) is 0.232. The zero-order valence-electron chi connectivity index (χ0n) is 2.02. The van der Waals surface area contributed by atoms with Gasteiger partial charge in [0.25, 0.3) is 0 Å². The van der Waals surface area contributed by atoms with Crippen LogP contribution in [0.3, 0.4) is 0 Å². The van der Waals surface area contributed by atoms with E-state index < -0.39 is 0 Å². The minimum Gasteiger partial charge on any atom is -0.489 e. The third-order valence-electron chi connectivity index (χ3n) is 0. The molecule has 4 heavy (non-hydrogen) atoms. The summed E-state index contributed by atoms with van der Waals surface area (Å²) in [6.07, 6.45) is 0.500. The summed E-state index contributed by atoms with van der Waals surface area (Å²) in [7, 11) is 0. The van der Waals surface area contributed by atoms with Crippen molar-refractivity contribution in [3.8, 4) is 0 Å². The highest BCUT2D eigenvalue weighted by Gasteiger charge is 0.939. The van der Waals surface area contributed by atoms with Gasteiger partial charge < -0.3 is 11.1 Å². The van der Waals surface area contributed by atoms with Gasteiger partial charge in [-0.3, -0.25) is 0 Å². The molecule has 0 saturated carbocycles. The van der Waals surface area contributed by atoms with E-state index in [0.717, 1.165) is 0 Å². The van der Waals surface area contributed by atoms with Crippen molar-refractivity contribution in [3.05, 3.63) is 5.73 Å². The van der Waals surface area contributed by atoms with Crippen molar-refractivity contribution in [1.29, 1.82) is 5.41 Å². The Morgan fingerprint density at radius 1 is 1.75 bits per heavy atom. The Morgan fingerprint density at radius 2 is 1.75 bits per heavy atom. The molecule has 0 unspecified atom stereocenters. The highest BCUT2D eigenvalue weighted by molar-refractivity contribution is 5.59. The van der Waals surface area contributed by atoms with E-state index in [9.17, 15) is 0 Å². The number of rotatable bonds is 0. The molecule has 0 aliphatic heterocycles. The number of halogens is 1. The Bertz CT molecular complexity index is 13.5. The number of hydrogen-bond donors (Lipinski definition) is 1. The summed E-state index contributed by atoms with van der Waals surface area (Å²) in [6, 6.07) is 0. The molecule has 0 heterocycles. The second-order valence-corrected chi connectivity index (χ2v) is 0.144. The maximum atomic E-state index is 5.75. The minimum absolute atomic E-state index is 0. The van der Waals surface area contributed by atoms with Crippen LogP contribution >= 0.6 is 0 Å². The average molecular weight is 172 g/mol. The predicted octanol–water partition coefficient (Wildman–Crippen LogP) is -2.89. The fraction of sp³-hybridized carbons (Fsp3) is 0. The van der Waals surface area contributed by atoms with Crippen LogP contribution in [0.5, 0.6) is 0 Å². The SMILES string of the molecule is N=C[NH-].[IH2+]. The molecule has 0 saturated heterocycles. The molecule has 0 aliphatic carbocycles. The van der Waals surface area contributed by atoms with E-state index >= 15 is 0 Å². The molecule has 0 aromatic heterocycles. The standard InChI is InChI=1S/CH3N2.H2I/c2-1-3;/h1H,(H2-,2,3);1H2/q-1;+1. The third-order valence-corrected chi connectivity index (χ3v) is 0. The molecule has 26 valence electrons. The van der Waals surface area contributed by atoms with Gasteiger partial charge in [-0.1, -0.05) is 0 Å². The summed E-state index contributed by atoms with van der Waals surface area (Å²) in [5.41, 5.74) is 5.75. The molecular weight excluding hydrogens is 167 g/mol. The lowest BCUT2D eigenvalue weighted by atomic mass is 11.4. The van der Waals surface area contributed by atoms with Crippen molar-refractivity contribution in [1.82, 2.24) is 0 Å². The van der Waals surface area contributed by atoms with Gasteiger partial charge in [-0.15, -0.1) is 6.34 Å². The van der Waals surface area contributed by atoms with Crippen molar-refractivity contribution in [3.63, 3.8) is 0 Å². The zero-order chi connectivity index (χ0) is 2.71. The third kappa shape index (κ3) is 79.2. The maximum Gasteiger partial charge on any atom is 0.235 e. The van der Waals surface area contributed by atoms with Crippen molar-refractivity contribution >= 4 is 6.34 Å². The first-order valence-electron chi connectivity index (χ1n) is 0.577. The molecule has 0 aromatic rings. The fourth-order valence-corrected chi connectivity index (χ4v) is 0. The summed E-state index contributed by atoms with van der Waals surface area (Å²) in [6.45, 7) is 0. The Kier molecular flexibility index (Phi) is 23.9. The smallest absolute Gasteiger partial charge is 0.235 e. The Labute approximate surface area is 41.9 Å². The zero-order valence-corrected chi connectivity index (χ0v) is 4.58. The topological polar surface area (TPSA) is 47.7 Å². The van der Waals surface area contributed by atoms with Crippen molar-refractivity contribution in [2.75, 3.05) is 0 Å². The van der Waals surface area contributed by atoms with E-state index in [4.69, 9.17) is 11.1 Å². The Morgan fingerprint density at radius 3 is 1.75 bits per heavy atom. The van der Waals surface area contributed by atoms with Gasteiger partial charge in [0.15, 0.2) is 0 Å². The second kappa shape index (κ2) is 10.8. The van der Waals surface area contributed by atoms with Gasteiger partial charge in [0.05, 0.1) is 0 Å². The van der Waals surface area contributed by atoms with Gasteiger partial charge in [0, 0.05) is 0 Å². The van der Waals surface area contributed by atoms with Crippen molar-refractivity contribution in [2.24, 2.45) is 0 Å². The predicted molar refractivity (Wildman–Crippen MR) is 15.9 cm³/mol. The normalized spacial score (nSPS) is 3.00. The largest absolute Gasteiger partial charge is 0.489 e. The molecule has 0 spiro atoms. The fourth-order valence-electron chi connectivity index (χ4n) is 0. The highest BCUT2D eigenvalue weighted by atomic mass is 127. The number of nitrogens with one attached hydrogen (secondary N) is 2.